The zero-order chi connectivity index (χ0) is 11.5. The highest BCUT2D eigenvalue weighted by molar-refractivity contribution is 5.94. The molecule has 0 saturated carbocycles. The summed E-state index contributed by atoms with van der Waals surface area (Å²) in [6.45, 7) is 0.267. The number of nitrogens with zero attached hydrogens (tertiary/aromatic N) is 1. The van der Waals surface area contributed by atoms with Crippen LogP contribution in [0.5, 0.6) is 0 Å². The number of carboxylic acid groups (broad SMARTS) is 1. The molecule has 1 N–H and O–H groups in total. The first kappa shape index (κ1) is 10.6. The Balaban J connectivity index is 2.06. The Morgan fingerprint density at radius 3 is 3.00 bits per heavy atom. The molecule has 0 radical (unpaired) electrons. The number of hydrogen-bond acceptors (Lipinski definition) is 3. The minimum Gasteiger partial charge on any atom is -0.481 e. The molecular weight excluding hydrogens is 213 g/mol. The quantitative estimate of drug-likeness (QED) is 0.849. The van der Waals surface area contributed by atoms with Gasteiger partial charge in [-0.2, -0.15) is 0 Å². The molecule has 1 unspecified atom stereocenters. The molecule has 1 aliphatic heterocycles. The summed E-state index contributed by atoms with van der Waals surface area (Å²) in [4.78, 5) is 14.4. The van der Waals surface area contributed by atoms with E-state index in [0.717, 1.165) is 0 Å². The van der Waals surface area contributed by atoms with Crippen molar-refractivity contribution in [2.45, 2.75) is 12.5 Å². The van der Waals surface area contributed by atoms with Crippen molar-refractivity contribution in [2.24, 2.45) is 4.99 Å². The molecule has 5 heteroatoms. The van der Waals surface area contributed by atoms with E-state index in [2.05, 4.69) is 4.99 Å². The third-order valence-corrected chi connectivity index (χ3v) is 2.27. The van der Waals surface area contributed by atoms with Crippen LogP contribution in [0.1, 0.15) is 18.1 Å². The van der Waals surface area contributed by atoms with E-state index in [9.17, 15) is 9.18 Å². The largest absolute Gasteiger partial charge is 0.481 e. The fourth-order valence-corrected chi connectivity index (χ4v) is 1.55. The molecule has 4 nitrogen and oxygen atoms in total. The summed E-state index contributed by atoms with van der Waals surface area (Å²) >= 11 is 0. The van der Waals surface area contributed by atoms with Crippen molar-refractivity contribution in [1.29, 1.82) is 0 Å². The highest BCUT2D eigenvalue weighted by Crippen LogP contribution is 2.25. The van der Waals surface area contributed by atoms with Gasteiger partial charge in [0, 0.05) is 5.56 Å². The molecule has 0 spiro atoms. The lowest BCUT2D eigenvalue weighted by atomic mass is 10.1. The number of aliphatic imine (C=N–C) groups is 1. The standard InChI is InChI=1S/C11H10FNO3/c12-8-4-2-1-3-7(8)9-6-13-10(16-9)5-11(14)15/h1-4,9H,5-6H2,(H,14,15). The van der Waals surface area contributed by atoms with Gasteiger partial charge in [0.05, 0.1) is 6.54 Å². The zero-order valence-electron chi connectivity index (χ0n) is 8.39. The van der Waals surface area contributed by atoms with Gasteiger partial charge in [-0.3, -0.25) is 9.79 Å². The van der Waals surface area contributed by atoms with Crippen LogP contribution < -0.4 is 0 Å². The molecule has 1 aromatic carbocycles. The van der Waals surface area contributed by atoms with Crippen molar-refractivity contribution >= 4 is 11.9 Å². The average Bonchev–Trinajstić information content (AvgIpc) is 2.66. The Kier molecular flexibility index (Phi) is 2.85. The number of rotatable bonds is 3. The number of benzene rings is 1. The van der Waals surface area contributed by atoms with E-state index in [-0.39, 0.29) is 24.7 Å². The van der Waals surface area contributed by atoms with Gasteiger partial charge in [0.1, 0.15) is 18.3 Å². The first-order valence-corrected chi connectivity index (χ1v) is 4.83. The van der Waals surface area contributed by atoms with Crippen LogP contribution in [0.25, 0.3) is 0 Å². The van der Waals surface area contributed by atoms with Gasteiger partial charge in [0.15, 0.2) is 5.90 Å². The molecule has 0 aliphatic carbocycles. The Labute approximate surface area is 91.4 Å². The van der Waals surface area contributed by atoms with Crippen molar-refractivity contribution < 1.29 is 19.0 Å². The van der Waals surface area contributed by atoms with Crippen LogP contribution >= 0.6 is 0 Å². The van der Waals surface area contributed by atoms with Crippen molar-refractivity contribution in [1.82, 2.24) is 0 Å². The normalized spacial score (nSPS) is 19.1. The first-order chi connectivity index (χ1) is 7.66. The monoisotopic (exact) mass is 223 g/mol. The van der Waals surface area contributed by atoms with E-state index < -0.39 is 12.1 Å². The van der Waals surface area contributed by atoms with E-state index >= 15 is 0 Å². The topological polar surface area (TPSA) is 58.9 Å². The van der Waals surface area contributed by atoms with Crippen LogP contribution in [0, 0.1) is 5.82 Å². The second kappa shape index (κ2) is 4.30. The van der Waals surface area contributed by atoms with Crippen molar-refractivity contribution in [3.63, 3.8) is 0 Å². The third-order valence-electron chi connectivity index (χ3n) is 2.27. The molecule has 0 aromatic heterocycles. The van der Waals surface area contributed by atoms with E-state index in [1.54, 1.807) is 18.2 Å². The number of carboxylic acids is 1. The molecule has 1 atom stereocenters. The highest BCUT2D eigenvalue weighted by atomic mass is 19.1. The van der Waals surface area contributed by atoms with Crippen LogP contribution in [0.4, 0.5) is 4.39 Å². The van der Waals surface area contributed by atoms with E-state index in [1.807, 2.05) is 0 Å². The molecule has 0 amide bonds. The van der Waals surface area contributed by atoms with Crippen molar-refractivity contribution in [3.8, 4) is 0 Å². The lowest BCUT2D eigenvalue weighted by molar-refractivity contribution is -0.135. The number of carbonyl (C=O) groups is 1. The smallest absolute Gasteiger partial charge is 0.312 e. The Morgan fingerprint density at radius 2 is 2.31 bits per heavy atom. The third kappa shape index (κ3) is 2.18. The maximum atomic E-state index is 13.4. The van der Waals surface area contributed by atoms with Gasteiger partial charge in [0.25, 0.3) is 0 Å². The first-order valence-electron chi connectivity index (χ1n) is 4.83. The van der Waals surface area contributed by atoms with E-state index in [0.29, 0.717) is 5.56 Å². The summed E-state index contributed by atoms with van der Waals surface area (Å²) in [7, 11) is 0. The highest BCUT2D eigenvalue weighted by Gasteiger charge is 2.24. The second-order valence-electron chi connectivity index (χ2n) is 3.43. The zero-order valence-corrected chi connectivity index (χ0v) is 8.39. The molecular formula is C11H10FNO3. The maximum Gasteiger partial charge on any atom is 0.312 e. The predicted molar refractivity (Wildman–Crippen MR) is 54.8 cm³/mol. The molecule has 1 heterocycles. The summed E-state index contributed by atoms with van der Waals surface area (Å²) in [6, 6.07) is 6.25. The molecule has 16 heavy (non-hydrogen) atoms. The van der Waals surface area contributed by atoms with Crippen molar-refractivity contribution in [3.05, 3.63) is 35.6 Å². The Hall–Kier alpha value is -1.91. The van der Waals surface area contributed by atoms with Crippen LogP contribution in [0.2, 0.25) is 0 Å². The van der Waals surface area contributed by atoms with Gasteiger partial charge in [-0.05, 0) is 6.07 Å². The van der Waals surface area contributed by atoms with Gasteiger partial charge in [-0.25, -0.2) is 4.39 Å². The van der Waals surface area contributed by atoms with E-state index in [4.69, 9.17) is 9.84 Å². The summed E-state index contributed by atoms with van der Waals surface area (Å²) in [5.41, 5.74) is 0.409. The average molecular weight is 223 g/mol. The van der Waals surface area contributed by atoms with Gasteiger partial charge in [-0.15, -0.1) is 0 Å². The Morgan fingerprint density at radius 1 is 1.56 bits per heavy atom. The number of halogens is 1. The second-order valence-corrected chi connectivity index (χ2v) is 3.43. The number of ether oxygens (including phenoxy) is 1. The Bertz CT molecular complexity index is 445. The summed E-state index contributed by atoms with van der Waals surface area (Å²) < 4.78 is 18.7. The lowest BCUT2D eigenvalue weighted by Gasteiger charge is -2.11. The summed E-state index contributed by atoms with van der Waals surface area (Å²) in [5.74, 6) is -1.21. The molecule has 1 aliphatic rings. The number of hydrogen-bond donors (Lipinski definition) is 1. The SMILES string of the molecule is O=C(O)CC1=NCC(c2ccccc2F)O1. The summed E-state index contributed by atoms with van der Waals surface area (Å²) in [5, 5.41) is 8.55. The van der Waals surface area contributed by atoms with Crippen LogP contribution in [-0.2, 0) is 9.53 Å². The predicted octanol–water partition coefficient (Wildman–Crippen LogP) is 1.77. The minimum absolute atomic E-state index is 0.153. The fourth-order valence-electron chi connectivity index (χ4n) is 1.55. The minimum atomic E-state index is -1.01. The molecule has 0 fully saturated rings. The van der Waals surface area contributed by atoms with Gasteiger partial charge in [-0.1, -0.05) is 18.2 Å². The molecule has 0 bridgehead atoms. The molecule has 0 saturated heterocycles. The van der Waals surface area contributed by atoms with Crippen LogP contribution in [-0.4, -0.2) is 23.5 Å². The van der Waals surface area contributed by atoms with Crippen molar-refractivity contribution in [2.75, 3.05) is 6.54 Å². The molecule has 1 aromatic rings. The fraction of sp³-hybridized carbons (Fsp3) is 0.273. The van der Waals surface area contributed by atoms with Gasteiger partial charge < -0.3 is 9.84 Å². The van der Waals surface area contributed by atoms with Crippen LogP contribution in [0.15, 0.2) is 29.3 Å². The van der Waals surface area contributed by atoms with Crippen LogP contribution in [0.3, 0.4) is 0 Å². The van der Waals surface area contributed by atoms with Gasteiger partial charge in [0.2, 0.25) is 0 Å². The molecule has 2 rings (SSSR count). The number of aliphatic carboxylic acids is 1. The lowest BCUT2D eigenvalue weighted by Crippen LogP contribution is -2.10. The summed E-state index contributed by atoms with van der Waals surface area (Å²) in [6.07, 6.45) is -0.763. The maximum absolute atomic E-state index is 13.4. The molecule has 84 valence electrons. The van der Waals surface area contributed by atoms with E-state index in [1.165, 1.54) is 6.07 Å². The van der Waals surface area contributed by atoms with Gasteiger partial charge >= 0.3 is 5.97 Å².